The van der Waals surface area contributed by atoms with Crippen molar-refractivity contribution >= 4 is 33.0 Å². The Morgan fingerprint density at radius 2 is 0.338 bits per heavy atom. The van der Waals surface area contributed by atoms with Gasteiger partial charge in [-0.1, -0.05) is 259 Å². The molecular formula is C48H104MoO12P4. The van der Waals surface area contributed by atoms with E-state index in [0.29, 0.717) is 26.4 Å². The van der Waals surface area contributed by atoms with E-state index in [-0.39, 0.29) is 21.1 Å². The maximum atomic E-state index is 10.1. The molecule has 65 heavy (non-hydrogen) atoms. The van der Waals surface area contributed by atoms with Gasteiger partial charge in [0, 0.05) is 0 Å². The van der Waals surface area contributed by atoms with Crippen molar-refractivity contribution in [3.63, 3.8) is 0 Å². The molecule has 0 amide bonds. The molecular weight excluding hydrogens is 988 g/mol. The first-order valence-corrected chi connectivity index (χ1v) is 31.3. The van der Waals surface area contributed by atoms with Gasteiger partial charge >= 0.3 is 21.1 Å². The summed E-state index contributed by atoms with van der Waals surface area (Å²) >= 11 is 0. The van der Waals surface area contributed by atoms with E-state index in [1.807, 2.05) is 0 Å². The standard InChI is InChI=1S/4C12H27O3P.Mo/c4*1-2-3-4-5-6-7-8-9-10-11-12-15-16(13)14;/h4*16H,2-12H2,1H3,(H,13,14);/q;;;;+4/p-4. The van der Waals surface area contributed by atoms with Crippen LogP contribution in [-0.2, 0) is 57.4 Å². The fraction of sp³-hybridized carbons (Fsp3) is 1.00. The first-order valence-electron chi connectivity index (χ1n) is 26.4. The van der Waals surface area contributed by atoms with Gasteiger partial charge in [0.25, 0.3) is 0 Å². The van der Waals surface area contributed by atoms with Crippen molar-refractivity contribution in [2.45, 2.75) is 285 Å². The van der Waals surface area contributed by atoms with Crippen LogP contribution >= 0.6 is 33.0 Å². The zero-order chi connectivity index (χ0) is 48.3. The third kappa shape index (κ3) is 92.1. The van der Waals surface area contributed by atoms with Gasteiger partial charge in [0.05, 0.1) is 26.4 Å². The summed E-state index contributed by atoms with van der Waals surface area (Å²) in [5, 5.41) is 0. The summed E-state index contributed by atoms with van der Waals surface area (Å²) in [4.78, 5) is 40.4. The third-order valence-electron chi connectivity index (χ3n) is 10.9. The summed E-state index contributed by atoms with van der Waals surface area (Å²) in [7, 11) is -11.8. The van der Waals surface area contributed by atoms with E-state index < -0.39 is 33.0 Å². The second kappa shape index (κ2) is 71.8. The van der Waals surface area contributed by atoms with Gasteiger partial charge < -0.3 is 55.9 Å². The summed E-state index contributed by atoms with van der Waals surface area (Å²) in [5.74, 6) is 0. The zero-order valence-corrected chi connectivity index (χ0v) is 48.4. The van der Waals surface area contributed by atoms with Crippen LogP contribution in [0.3, 0.4) is 0 Å². The van der Waals surface area contributed by atoms with Crippen molar-refractivity contribution in [3.8, 4) is 0 Å². The maximum absolute atomic E-state index is 10.1. The fourth-order valence-corrected chi connectivity index (χ4v) is 8.22. The molecule has 0 aliphatic rings. The summed E-state index contributed by atoms with van der Waals surface area (Å²) < 4.78 is 58.5. The smallest absolute Gasteiger partial charge is 0.781 e. The van der Waals surface area contributed by atoms with Gasteiger partial charge in [0.15, 0.2) is 0 Å². The molecule has 17 heteroatoms. The summed E-state index contributed by atoms with van der Waals surface area (Å²) in [6, 6.07) is 0. The molecule has 12 nitrogen and oxygen atoms in total. The van der Waals surface area contributed by atoms with Crippen LogP contribution in [0, 0.1) is 0 Å². The molecule has 0 bridgehead atoms. The van der Waals surface area contributed by atoms with E-state index in [1.165, 1.54) is 205 Å². The Hall–Kier alpha value is 1.29. The molecule has 4 atom stereocenters. The molecule has 0 aromatic carbocycles. The maximum Gasteiger partial charge on any atom is 4.00 e. The summed E-state index contributed by atoms with van der Waals surface area (Å²) in [6.07, 6.45) is 50.1. The second-order valence-corrected chi connectivity index (χ2v) is 20.3. The van der Waals surface area contributed by atoms with E-state index in [4.69, 9.17) is 0 Å². The first kappa shape index (κ1) is 75.2. The average molecular weight is 1090 g/mol. The van der Waals surface area contributed by atoms with Crippen LogP contribution in [-0.4, -0.2) is 26.4 Å². The van der Waals surface area contributed by atoms with E-state index in [9.17, 15) is 37.8 Å². The number of hydrogen-bond donors (Lipinski definition) is 0. The van der Waals surface area contributed by atoms with Crippen molar-refractivity contribution in [2.24, 2.45) is 0 Å². The quantitative estimate of drug-likeness (QED) is 0.0318. The normalized spacial score (nSPS) is 12.7. The van der Waals surface area contributed by atoms with E-state index in [2.05, 4.69) is 45.8 Å². The second-order valence-electron chi connectivity index (χ2n) is 17.1. The molecule has 0 radical (unpaired) electrons. The van der Waals surface area contributed by atoms with Crippen molar-refractivity contribution < 1.29 is 77.0 Å². The van der Waals surface area contributed by atoms with Crippen molar-refractivity contribution in [3.05, 3.63) is 0 Å². The van der Waals surface area contributed by atoms with Gasteiger partial charge in [-0.2, -0.15) is 0 Å². The van der Waals surface area contributed by atoms with Crippen LogP contribution in [0.4, 0.5) is 0 Å². The molecule has 0 heterocycles. The van der Waals surface area contributed by atoms with Crippen molar-refractivity contribution in [2.75, 3.05) is 26.4 Å². The minimum Gasteiger partial charge on any atom is -0.781 e. The predicted octanol–water partition coefficient (Wildman–Crippen LogP) is 14.7. The first-order chi connectivity index (χ1) is 31.1. The monoisotopic (exact) mass is 1090 g/mol. The molecule has 0 rings (SSSR count). The molecule has 394 valence electrons. The van der Waals surface area contributed by atoms with Gasteiger partial charge in [0.2, 0.25) is 0 Å². The van der Waals surface area contributed by atoms with Crippen molar-refractivity contribution in [1.29, 1.82) is 0 Å². The van der Waals surface area contributed by atoms with Crippen molar-refractivity contribution in [1.82, 2.24) is 0 Å². The molecule has 0 saturated carbocycles. The number of hydrogen-bond acceptors (Lipinski definition) is 12. The summed E-state index contributed by atoms with van der Waals surface area (Å²) in [6.45, 7) is 10.4. The molecule has 0 N–H and O–H groups in total. The average Bonchev–Trinajstić information content (AvgIpc) is 3.26. The Kier molecular flexibility index (Phi) is 83.1. The molecule has 0 fully saturated rings. The zero-order valence-electron chi connectivity index (χ0n) is 42.4. The number of unbranched alkanes of at least 4 members (excludes halogenated alkanes) is 36. The van der Waals surface area contributed by atoms with E-state index >= 15 is 0 Å². The van der Waals surface area contributed by atoms with Crippen LogP contribution in [0.5, 0.6) is 0 Å². The molecule has 4 unspecified atom stereocenters. The van der Waals surface area contributed by atoms with Gasteiger partial charge in [-0.3, -0.25) is 0 Å². The Morgan fingerprint density at radius 3 is 0.446 bits per heavy atom. The fourth-order valence-electron chi connectivity index (χ4n) is 6.98. The largest absolute Gasteiger partial charge is 4.00 e. The third-order valence-corrected chi connectivity index (χ3v) is 12.6. The number of rotatable bonds is 48. The molecule has 0 saturated heterocycles. The van der Waals surface area contributed by atoms with E-state index in [0.717, 1.165) is 51.4 Å². The molecule has 0 aliphatic heterocycles. The van der Waals surface area contributed by atoms with Gasteiger partial charge in [-0.15, -0.1) is 0 Å². The Labute approximate surface area is 418 Å². The molecule has 0 aromatic rings. The van der Waals surface area contributed by atoms with Crippen LogP contribution in [0.2, 0.25) is 0 Å². The van der Waals surface area contributed by atoms with Crippen LogP contribution in [0.1, 0.15) is 285 Å². The van der Waals surface area contributed by atoms with Crippen LogP contribution in [0.15, 0.2) is 0 Å². The van der Waals surface area contributed by atoms with Crippen LogP contribution < -0.4 is 19.6 Å². The van der Waals surface area contributed by atoms with E-state index in [1.54, 1.807) is 0 Å². The predicted molar refractivity (Wildman–Crippen MR) is 267 cm³/mol. The Morgan fingerprint density at radius 1 is 0.231 bits per heavy atom. The van der Waals surface area contributed by atoms with Crippen LogP contribution in [0.25, 0.3) is 0 Å². The van der Waals surface area contributed by atoms with Gasteiger partial charge in [-0.25, -0.2) is 0 Å². The topological polar surface area (TPSA) is 197 Å². The SMILES string of the molecule is CCCCCCCCCCCCO[PH](=O)[O-].CCCCCCCCCCCCO[PH](=O)[O-].CCCCCCCCCCCCO[PH](=O)[O-].CCCCCCCCCCCCO[PH](=O)[O-].[Mo+4]. The summed E-state index contributed by atoms with van der Waals surface area (Å²) in [5.41, 5.74) is 0. The van der Waals surface area contributed by atoms with Gasteiger partial charge in [-0.05, 0) is 25.7 Å². The minimum absolute atomic E-state index is 0. The Balaban J connectivity index is -0.000000245. The molecule has 0 aliphatic carbocycles. The minimum atomic E-state index is -2.94. The van der Waals surface area contributed by atoms with Gasteiger partial charge in [0.1, 0.15) is 33.0 Å². The molecule has 0 spiro atoms. The Bertz CT molecular complexity index is 801. The molecule has 0 aromatic heterocycles.